The highest BCUT2D eigenvalue weighted by molar-refractivity contribution is 9.10. The first-order chi connectivity index (χ1) is 10.6. The highest BCUT2D eigenvalue weighted by Gasteiger charge is 2.16. The zero-order valence-electron chi connectivity index (χ0n) is 12.1. The van der Waals surface area contributed by atoms with Gasteiger partial charge in [-0.15, -0.1) is 0 Å². The fourth-order valence-electron chi connectivity index (χ4n) is 2.66. The van der Waals surface area contributed by atoms with Gasteiger partial charge in [0.1, 0.15) is 11.6 Å². The van der Waals surface area contributed by atoms with E-state index in [0.717, 1.165) is 18.9 Å². The zero-order chi connectivity index (χ0) is 15.5. The van der Waals surface area contributed by atoms with Crippen LogP contribution in [0, 0.1) is 5.82 Å². The van der Waals surface area contributed by atoms with Crippen molar-refractivity contribution >= 4 is 27.5 Å². The van der Waals surface area contributed by atoms with Crippen molar-refractivity contribution in [2.45, 2.75) is 19.3 Å². The van der Waals surface area contributed by atoms with Crippen LogP contribution >= 0.6 is 15.9 Å². The van der Waals surface area contributed by atoms with E-state index in [9.17, 15) is 9.18 Å². The number of benzene rings is 1. The average molecular weight is 363 g/mol. The number of ketones is 1. The molecular formula is C17H16BrFN2O. The molecule has 22 heavy (non-hydrogen) atoms. The van der Waals surface area contributed by atoms with Gasteiger partial charge in [0.25, 0.3) is 0 Å². The molecule has 1 aliphatic rings. The van der Waals surface area contributed by atoms with Gasteiger partial charge in [-0.1, -0.05) is 15.9 Å². The first-order valence-electron chi connectivity index (χ1n) is 7.36. The fraction of sp³-hybridized carbons (Fsp3) is 0.294. The van der Waals surface area contributed by atoms with E-state index in [-0.39, 0.29) is 11.3 Å². The van der Waals surface area contributed by atoms with Gasteiger partial charge in [0, 0.05) is 29.3 Å². The molecule has 1 aromatic heterocycles. The Morgan fingerprint density at radius 1 is 1.14 bits per heavy atom. The van der Waals surface area contributed by atoms with E-state index < -0.39 is 5.82 Å². The Balaban J connectivity index is 1.81. The van der Waals surface area contributed by atoms with Gasteiger partial charge in [0.2, 0.25) is 0 Å². The number of halogens is 2. The van der Waals surface area contributed by atoms with Crippen LogP contribution in [0.5, 0.6) is 0 Å². The molecule has 3 nitrogen and oxygen atoms in total. The number of carbonyl (C=O) groups excluding carboxylic acids is 1. The van der Waals surface area contributed by atoms with Crippen LogP contribution in [-0.4, -0.2) is 23.9 Å². The molecule has 1 aliphatic heterocycles. The van der Waals surface area contributed by atoms with E-state index in [4.69, 9.17) is 0 Å². The number of hydrogen-bond donors (Lipinski definition) is 0. The number of nitrogens with zero attached hydrogens (tertiary/aromatic N) is 2. The highest BCUT2D eigenvalue weighted by Crippen LogP contribution is 2.21. The number of rotatable bonds is 3. The second kappa shape index (κ2) is 6.57. The van der Waals surface area contributed by atoms with Gasteiger partial charge in [-0.25, -0.2) is 9.37 Å². The molecule has 0 radical (unpaired) electrons. The van der Waals surface area contributed by atoms with Crippen molar-refractivity contribution in [2.24, 2.45) is 0 Å². The van der Waals surface area contributed by atoms with Gasteiger partial charge in [-0.2, -0.15) is 0 Å². The largest absolute Gasteiger partial charge is 0.357 e. The summed E-state index contributed by atoms with van der Waals surface area (Å²) < 4.78 is 14.5. The summed E-state index contributed by atoms with van der Waals surface area (Å²) in [6.07, 6.45) is 5.14. The second-order valence-electron chi connectivity index (χ2n) is 5.41. The van der Waals surface area contributed by atoms with Gasteiger partial charge in [0.15, 0.2) is 5.78 Å². The third-order valence-electron chi connectivity index (χ3n) is 3.87. The predicted octanol–water partition coefficient (Wildman–Crippen LogP) is 4.20. The van der Waals surface area contributed by atoms with Gasteiger partial charge < -0.3 is 4.90 Å². The lowest BCUT2D eigenvalue weighted by Crippen LogP contribution is -2.30. The van der Waals surface area contributed by atoms with Crippen molar-refractivity contribution in [2.75, 3.05) is 18.0 Å². The molecule has 0 bridgehead atoms. The van der Waals surface area contributed by atoms with Gasteiger partial charge in [0.05, 0.1) is 5.56 Å². The molecule has 2 aromatic rings. The van der Waals surface area contributed by atoms with Crippen molar-refractivity contribution in [1.82, 2.24) is 4.98 Å². The van der Waals surface area contributed by atoms with Gasteiger partial charge >= 0.3 is 0 Å². The van der Waals surface area contributed by atoms with Crippen LogP contribution in [0.3, 0.4) is 0 Å². The Kier molecular flexibility index (Phi) is 4.52. The second-order valence-corrected chi connectivity index (χ2v) is 6.32. The van der Waals surface area contributed by atoms with Crippen LogP contribution in [0.4, 0.5) is 10.2 Å². The minimum absolute atomic E-state index is 0.0655. The molecule has 0 saturated carbocycles. The summed E-state index contributed by atoms with van der Waals surface area (Å²) in [5.74, 6) is 0.00899. The van der Waals surface area contributed by atoms with Crippen LogP contribution in [0.1, 0.15) is 35.2 Å². The van der Waals surface area contributed by atoms with Crippen molar-refractivity contribution in [3.8, 4) is 0 Å². The average Bonchev–Trinajstić information content (AvgIpc) is 2.55. The number of piperidine rings is 1. The molecule has 1 saturated heterocycles. The Morgan fingerprint density at radius 2 is 1.91 bits per heavy atom. The summed E-state index contributed by atoms with van der Waals surface area (Å²) in [5.41, 5.74) is 0.470. The van der Waals surface area contributed by atoms with Crippen LogP contribution in [0.15, 0.2) is 41.0 Å². The molecule has 0 unspecified atom stereocenters. The van der Waals surface area contributed by atoms with Crippen LogP contribution in [-0.2, 0) is 0 Å². The molecule has 0 amide bonds. The molecule has 114 valence electrons. The first kappa shape index (κ1) is 15.2. The molecular weight excluding hydrogens is 347 g/mol. The van der Waals surface area contributed by atoms with E-state index in [1.54, 1.807) is 12.1 Å². The highest BCUT2D eigenvalue weighted by atomic mass is 79.9. The van der Waals surface area contributed by atoms with Crippen molar-refractivity contribution in [3.05, 3.63) is 57.9 Å². The topological polar surface area (TPSA) is 33.2 Å². The SMILES string of the molecule is O=C(c1ccc(N2CCCCC2)nc1)c1ccc(Br)cc1F. The molecule has 1 aromatic carbocycles. The molecule has 3 rings (SSSR count). The zero-order valence-corrected chi connectivity index (χ0v) is 13.6. The molecule has 1 fully saturated rings. The van der Waals surface area contributed by atoms with E-state index in [2.05, 4.69) is 25.8 Å². The van der Waals surface area contributed by atoms with Crippen LogP contribution in [0.25, 0.3) is 0 Å². The van der Waals surface area contributed by atoms with Gasteiger partial charge in [-0.05, 0) is 49.6 Å². The predicted molar refractivity (Wildman–Crippen MR) is 87.8 cm³/mol. The lowest BCUT2D eigenvalue weighted by Gasteiger charge is -2.27. The van der Waals surface area contributed by atoms with Crippen molar-refractivity contribution < 1.29 is 9.18 Å². The molecule has 0 spiro atoms. The number of pyridine rings is 1. The Hall–Kier alpha value is -1.75. The maximum absolute atomic E-state index is 13.9. The fourth-order valence-corrected chi connectivity index (χ4v) is 2.99. The minimum Gasteiger partial charge on any atom is -0.357 e. The number of aromatic nitrogens is 1. The van der Waals surface area contributed by atoms with Crippen molar-refractivity contribution in [1.29, 1.82) is 0 Å². The molecule has 5 heteroatoms. The van der Waals surface area contributed by atoms with Crippen molar-refractivity contribution in [3.63, 3.8) is 0 Å². The maximum atomic E-state index is 13.9. The third kappa shape index (κ3) is 3.19. The third-order valence-corrected chi connectivity index (χ3v) is 4.36. The lowest BCUT2D eigenvalue weighted by molar-refractivity contribution is 0.103. The number of anilines is 1. The maximum Gasteiger partial charge on any atom is 0.197 e. The molecule has 0 aliphatic carbocycles. The van der Waals surface area contributed by atoms with Crippen LogP contribution < -0.4 is 4.90 Å². The molecule has 2 heterocycles. The monoisotopic (exact) mass is 362 g/mol. The number of hydrogen-bond acceptors (Lipinski definition) is 3. The molecule has 0 N–H and O–H groups in total. The Bertz CT molecular complexity index is 682. The summed E-state index contributed by atoms with van der Waals surface area (Å²) >= 11 is 3.19. The normalized spacial score (nSPS) is 14.9. The molecule has 0 atom stereocenters. The summed E-state index contributed by atoms with van der Waals surface area (Å²) in [4.78, 5) is 18.9. The number of carbonyl (C=O) groups is 1. The summed E-state index contributed by atoms with van der Waals surface area (Å²) in [6.45, 7) is 2.00. The summed E-state index contributed by atoms with van der Waals surface area (Å²) in [7, 11) is 0. The van der Waals surface area contributed by atoms with E-state index in [0.29, 0.717) is 10.0 Å². The van der Waals surface area contributed by atoms with Gasteiger partial charge in [-0.3, -0.25) is 4.79 Å². The van der Waals surface area contributed by atoms with E-state index in [1.165, 1.54) is 37.6 Å². The van der Waals surface area contributed by atoms with E-state index >= 15 is 0 Å². The first-order valence-corrected chi connectivity index (χ1v) is 8.15. The smallest absolute Gasteiger partial charge is 0.197 e. The standard InChI is InChI=1S/C17H16BrFN2O/c18-13-5-6-14(15(19)10-13)17(22)12-4-7-16(20-11-12)21-8-2-1-3-9-21/h4-7,10-11H,1-3,8-9H2. The van der Waals surface area contributed by atoms with Crippen LogP contribution in [0.2, 0.25) is 0 Å². The lowest BCUT2D eigenvalue weighted by atomic mass is 10.0. The minimum atomic E-state index is -0.528. The quantitative estimate of drug-likeness (QED) is 0.767. The summed E-state index contributed by atoms with van der Waals surface area (Å²) in [6, 6.07) is 8.00. The van der Waals surface area contributed by atoms with E-state index in [1.807, 2.05) is 6.07 Å². The Morgan fingerprint density at radius 3 is 2.55 bits per heavy atom. The Labute approximate surface area is 137 Å². The summed E-state index contributed by atoms with van der Waals surface area (Å²) in [5, 5.41) is 0.